The van der Waals surface area contributed by atoms with Crippen LogP contribution in [0.4, 0.5) is 10.1 Å². The zero-order valence-electron chi connectivity index (χ0n) is 18.5. The fourth-order valence-electron chi connectivity index (χ4n) is 4.37. The van der Waals surface area contributed by atoms with E-state index in [4.69, 9.17) is 22.1 Å². The van der Waals surface area contributed by atoms with Crippen molar-refractivity contribution in [2.75, 3.05) is 23.9 Å². The Bertz CT molecular complexity index is 1200. The number of carbonyl (C=O) groups is 2. The quantitative estimate of drug-likeness (QED) is 0.598. The summed E-state index contributed by atoms with van der Waals surface area (Å²) in [6.45, 7) is 1.28. The minimum atomic E-state index is -4.06. The lowest BCUT2D eigenvalue weighted by molar-refractivity contribution is -0.119. The lowest BCUT2D eigenvalue weighted by atomic mass is 9.92. The Morgan fingerprint density at radius 2 is 1.85 bits per heavy atom. The predicted octanol–water partition coefficient (Wildman–Crippen LogP) is 3.52. The SMILES string of the molecule is N[C@H]1CS(=O)(=O)c2cc(F)c(C(=O)CCC3CCOCC3)cc2N(Cc2ccc(Cl)cc2)C1=O. The van der Waals surface area contributed by atoms with Gasteiger partial charge in [0.05, 0.1) is 34.5 Å². The van der Waals surface area contributed by atoms with Crippen molar-refractivity contribution in [1.29, 1.82) is 0 Å². The maximum atomic E-state index is 15.0. The number of hydrogen-bond donors (Lipinski definition) is 1. The second-order valence-corrected chi connectivity index (χ2v) is 11.2. The van der Waals surface area contributed by atoms with Crippen LogP contribution in [-0.4, -0.2) is 45.1 Å². The Labute approximate surface area is 202 Å². The minimum absolute atomic E-state index is 0.00639. The molecule has 2 heterocycles. The number of nitrogens with zero attached hydrogens (tertiary/aromatic N) is 1. The van der Waals surface area contributed by atoms with Crippen LogP contribution in [0, 0.1) is 11.7 Å². The molecule has 0 aliphatic carbocycles. The zero-order chi connectivity index (χ0) is 24.5. The van der Waals surface area contributed by atoms with Crippen molar-refractivity contribution in [1.82, 2.24) is 0 Å². The summed E-state index contributed by atoms with van der Waals surface area (Å²) in [6.07, 6.45) is 2.41. The number of amides is 1. The van der Waals surface area contributed by atoms with Crippen molar-refractivity contribution in [2.24, 2.45) is 11.7 Å². The van der Waals surface area contributed by atoms with E-state index in [0.29, 0.717) is 36.1 Å². The van der Waals surface area contributed by atoms with Gasteiger partial charge in [-0.15, -0.1) is 0 Å². The number of sulfone groups is 1. The Hall–Kier alpha value is -2.33. The van der Waals surface area contributed by atoms with E-state index in [1.165, 1.54) is 11.0 Å². The molecule has 4 rings (SSSR count). The molecule has 1 atom stereocenters. The normalized spacial score (nSPS) is 20.6. The van der Waals surface area contributed by atoms with Gasteiger partial charge >= 0.3 is 0 Å². The fraction of sp³-hybridized carbons (Fsp3) is 0.417. The molecular weight excluding hydrogens is 483 g/mol. The highest BCUT2D eigenvalue weighted by Gasteiger charge is 2.37. The molecule has 1 amide bonds. The van der Waals surface area contributed by atoms with Gasteiger partial charge in [0.1, 0.15) is 5.82 Å². The van der Waals surface area contributed by atoms with E-state index in [9.17, 15) is 18.0 Å². The Morgan fingerprint density at radius 1 is 1.18 bits per heavy atom. The van der Waals surface area contributed by atoms with Crippen LogP contribution in [0.1, 0.15) is 41.6 Å². The molecule has 1 fully saturated rings. The summed E-state index contributed by atoms with van der Waals surface area (Å²) in [4.78, 5) is 26.9. The monoisotopic (exact) mass is 508 g/mol. The first-order valence-corrected chi connectivity index (χ1v) is 13.2. The summed E-state index contributed by atoms with van der Waals surface area (Å²) in [5.74, 6) is -2.30. The van der Waals surface area contributed by atoms with E-state index in [0.717, 1.165) is 18.9 Å². The number of nitrogens with two attached hydrogens (primary N) is 1. The lowest BCUT2D eigenvalue weighted by Gasteiger charge is -2.25. The number of rotatable bonds is 6. The molecule has 2 aromatic carbocycles. The van der Waals surface area contributed by atoms with Gasteiger partial charge in [-0.2, -0.15) is 0 Å². The van der Waals surface area contributed by atoms with Crippen LogP contribution >= 0.6 is 11.6 Å². The highest BCUT2D eigenvalue weighted by molar-refractivity contribution is 7.91. The predicted molar refractivity (Wildman–Crippen MR) is 126 cm³/mol. The third-order valence-electron chi connectivity index (χ3n) is 6.33. The molecule has 2 aliphatic heterocycles. The first kappa shape index (κ1) is 24.8. The van der Waals surface area contributed by atoms with E-state index in [2.05, 4.69) is 0 Å². The van der Waals surface area contributed by atoms with E-state index in [1.807, 2.05) is 0 Å². The molecule has 10 heteroatoms. The largest absolute Gasteiger partial charge is 0.381 e. The highest BCUT2D eigenvalue weighted by atomic mass is 35.5. The summed E-state index contributed by atoms with van der Waals surface area (Å²) in [5.41, 5.74) is 6.31. The molecule has 2 aromatic rings. The van der Waals surface area contributed by atoms with Gasteiger partial charge in [-0.1, -0.05) is 23.7 Å². The van der Waals surface area contributed by atoms with Crippen molar-refractivity contribution in [2.45, 2.75) is 43.2 Å². The van der Waals surface area contributed by atoms with Crippen LogP contribution in [0.5, 0.6) is 0 Å². The number of Topliss-reactive ketones (excluding diaryl/α,β-unsaturated/α-hetero) is 1. The van der Waals surface area contributed by atoms with Crippen molar-refractivity contribution < 1.29 is 27.1 Å². The molecule has 0 saturated carbocycles. The first-order chi connectivity index (χ1) is 16.2. The molecule has 0 spiro atoms. The summed E-state index contributed by atoms with van der Waals surface area (Å²) < 4.78 is 46.2. The van der Waals surface area contributed by atoms with Crippen LogP contribution in [0.3, 0.4) is 0 Å². The van der Waals surface area contributed by atoms with Gasteiger partial charge in [0, 0.05) is 24.7 Å². The third kappa shape index (κ3) is 5.33. The van der Waals surface area contributed by atoms with Gasteiger partial charge in [0.2, 0.25) is 5.91 Å². The fourth-order valence-corrected chi connectivity index (χ4v) is 6.07. The molecule has 1 saturated heterocycles. The molecule has 2 aliphatic rings. The van der Waals surface area contributed by atoms with E-state index >= 15 is 4.39 Å². The summed E-state index contributed by atoms with van der Waals surface area (Å²) >= 11 is 5.94. The average molecular weight is 509 g/mol. The van der Waals surface area contributed by atoms with E-state index in [-0.39, 0.29) is 29.1 Å². The molecular formula is C24H26ClFN2O5S. The Kier molecular flexibility index (Phi) is 7.37. The van der Waals surface area contributed by atoms with Crippen molar-refractivity contribution in [3.05, 3.63) is 58.4 Å². The summed E-state index contributed by atoms with van der Waals surface area (Å²) in [7, 11) is -4.06. The van der Waals surface area contributed by atoms with Crippen molar-refractivity contribution in [3.8, 4) is 0 Å². The van der Waals surface area contributed by atoms with Crippen LogP contribution in [0.2, 0.25) is 5.02 Å². The number of ketones is 1. The van der Waals surface area contributed by atoms with Gasteiger partial charge < -0.3 is 15.4 Å². The van der Waals surface area contributed by atoms with Crippen molar-refractivity contribution in [3.63, 3.8) is 0 Å². The number of benzene rings is 2. The smallest absolute Gasteiger partial charge is 0.245 e. The maximum Gasteiger partial charge on any atom is 0.245 e. The van der Waals surface area contributed by atoms with Crippen LogP contribution in [0.25, 0.3) is 0 Å². The number of ether oxygens (including phenoxy) is 1. The number of anilines is 1. The van der Waals surface area contributed by atoms with Gasteiger partial charge in [0.15, 0.2) is 15.6 Å². The Morgan fingerprint density at radius 3 is 2.53 bits per heavy atom. The maximum absolute atomic E-state index is 15.0. The molecule has 0 radical (unpaired) electrons. The van der Waals surface area contributed by atoms with E-state index < -0.39 is 39.1 Å². The highest BCUT2D eigenvalue weighted by Crippen LogP contribution is 2.35. The molecule has 2 N–H and O–H groups in total. The van der Waals surface area contributed by atoms with Gasteiger partial charge in [-0.3, -0.25) is 9.59 Å². The van der Waals surface area contributed by atoms with Gasteiger partial charge in [-0.25, -0.2) is 12.8 Å². The van der Waals surface area contributed by atoms with Crippen LogP contribution in [0.15, 0.2) is 41.3 Å². The number of fused-ring (bicyclic) bond motifs is 1. The van der Waals surface area contributed by atoms with Crippen LogP contribution in [-0.2, 0) is 25.9 Å². The topological polar surface area (TPSA) is 107 Å². The summed E-state index contributed by atoms with van der Waals surface area (Å²) in [5, 5.41) is 0.505. The molecule has 0 unspecified atom stereocenters. The minimum Gasteiger partial charge on any atom is -0.381 e. The molecule has 34 heavy (non-hydrogen) atoms. The first-order valence-electron chi connectivity index (χ1n) is 11.1. The Balaban J connectivity index is 1.71. The second-order valence-electron chi connectivity index (χ2n) is 8.76. The number of halogens is 2. The van der Waals surface area contributed by atoms with Crippen molar-refractivity contribution >= 4 is 38.8 Å². The van der Waals surface area contributed by atoms with E-state index in [1.54, 1.807) is 24.3 Å². The zero-order valence-corrected chi connectivity index (χ0v) is 20.1. The molecule has 7 nitrogen and oxygen atoms in total. The molecule has 182 valence electrons. The molecule has 0 bridgehead atoms. The third-order valence-corrected chi connectivity index (χ3v) is 8.38. The lowest BCUT2D eigenvalue weighted by Crippen LogP contribution is -2.45. The van der Waals surface area contributed by atoms with Crippen LogP contribution < -0.4 is 10.6 Å². The summed E-state index contributed by atoms with van der Waals surface area (Å²) in [6, 6.07) is 7.39. The number of hydrogen-bond acceptors (Lipinski definition) is 6. The standard InChI is InChI=1S/C24H26ClFN2O5S/c25-17-4-1-16(2-5-17)13-28-21-11-18(22(29)6-3-15-7-9-33-10-8-15)19(26)12-23(21)34(31,32)14-20(27)24(28)30/h1-2,4-5,11-12,15,20H,3,6-10,13-14,27H2/t20-/m0/s1. The second kappa shape index (κ2) is 10.1. The average Bonchev–Trinajstić information content (AvgIpc) is 2.87. The molecule has 0 aromatic heterocycles. The van der Waals surface area contributed by atoms with Gasteiger partial charge in [0.25, 0.3) is 0 Å². The number of carbonyl (C=O) groups excluding carboxylic acids is 2. The van der Waals surface area contributed by atoms with Gasteiger partial charge in [-0.05, 0) is 55.0 Å².